The minimum absolute atomic E-state index is 0.480. The Balaban J connectivity index is 2.19. The SMILES string of the molecule is [NH]CCSS. The number of hydrogen-bond acceptors (Lipinski definition) is 2. The lowest BCUT2D eigenvalue weighted by molar-refractivity contribution is 1.11. The summed E-state index contributed by atoms with van der Waals surface area (Å²) >= 11 is 3.80. The van der Waals surface area contributed by atoms with Crippen LogP contribution in [0.2, 0.25) is 0 Å². The maximum atomic E-state index is 6.53. The molecule has 1 nitrogen and oxygen atoms in total. The largest absolute Gasteiger partial charge is 0.257 e. The zero-order valence-electron chi connectivity index (χ0n) is 2.77. The van der Waals surface area contributed by atoms with Gasteiger partial charge in [0.25, 0.3) is 0 Å². The number of hydrogen-bond donors (Lipinski definition) is 1. The Morgan fingerprint density at radius 3 is 2.40 bits per heavy atom. The van der Waals surface area contributed by atoms with Crippen molar-refractivity contribution in [1.29, 1.82) is 0 Å². The molecule has 0 aromatic heterocycles. The van der Waals surface area contributed by atoms with E-state index in [4.69, 9.17) is 5.73 Å². The lowest BCUT2D eigenvalue weighted by Crippen LogP contribution is -1.82. The van der Waals surface area contributed by atoms with Gasteiger partial charge in [-0.1, -0.05) is 10.8 Å². The number of thiol groups is 1. The van der Waals surface area contributed by atoms with Crippen molar-refractivity contribution in [3.8, 4) is 0 Å². The molecule has 1 N–H and O–H groups in total. The Hall–Kier alpha value is 0.660. The molecule has 1 radical (unpaired) electrons. The van der Waals surface area contributed by atoms with E-state index in [1.165, 1.54) is 10.8 Å². The molecule has 5 heavy (non-hydrogen) atoms. The number of rotatable bonds is 2. The molecule has 0 bridgehead atoms. The maximum absolute atomic E-state index is 6.53. The van der Waals surface area contributed by atoms with E-state index in [-0.39, 0.29) is 0 Å². The van der Waals surface area contributed by atoms with Crippen LogP contribution in [0.5, 0.6) is 0 Å². The summed E-state index contributed by atoms with van der Waals surface area (Å²) in [6.07, 6.45) is 0. The van der Waals surface area contributed by atoms with Crippen LogP contribution in [0.25, 0.3) is 0 Å². The molecule has 0 aromatic rings. The highest BCUT2D eigenvalue weighted by atomic mass is 33.1. The normalized spacial score (nSPS) is 8.40. The summed E-state index contributed by atoms with van der Waals surface area (Å²) in [5.41, 5.74) is 6.53. The molecule has 0 heterocycles. The molecule has 31 valence electrons. The molecular formula is C2H6NS2. The molecule has 0 rings (SSSR count). The van der Waals surface area contributed by atoms with Crippen LogP contribution in [0.1, 0.15) is 0 Å². The van der Waals surface area contributed by atoms with Crippen molar-refractivity contribution < 1.29 is 0 Å². The Morgan fingerprint density at radius 1 is 1.80 bits per heavy atom. The van der Waals surface area contributed by atoms with E-state index in [0.29, 0.717) is 6.54 Å². The smallest absolute Gasteiger partial charge is 0.0199 e. The monoisotopic (exact) mass is 108 g/mol. The van der Waals surface area contributed by atoms with Crippen LogP contribution < -0.4 is 5.73 Å². The highest BCUT2D eigenvalue weighted by molar-refractivity contribution is 8.68. The van der Waals surface area contributed by atoms with E-state index in [0.717, 1.165) is 5.75 Å². The predicted molar refractivity (Wildman–Crippen MR) is 29.4 cm³/mol. The summed E-state index contributed by atoms with van der Waals surface area (Å²) in [6, 6.07) is 0. The van der Waals surface area contributed by atoms with Gasteiger partial charge in [0.2, 0.25) is 0 Å². The van der Waals surface area contributed by atoms with E-state index in [9.17, 15) is 0 Å². The molecule has 0 saturated carbocycles. The summed E-state index contributed by atoms with van der Waals surface area (Å²) in [7, 11) is 1.41. The Labute approximate surface area is 41.1 Å². The first-order chi connectivity index (χ1) is 2.41. The standard InChI is InChI=1S/C2H6NS2/c3-1-2-5-4/h3-4H,1-2H2. The van der Waals surface area contributed by atoms with Gasteiger partial charge in [-0.25, -0.2) is 0 Å². The van der Waals surface area contributed by atoms with Gasteiger partial charge in [-0.15, -0.1) is 11.7 Å². The average Bonchev–Trinajstić information content (AvgIpc) is 1.41. The van der Waals surface area contributed by atoms with Gasteiger partial charge in [0, 0.05) is 12.3 Å². The second-order valence-corrected chi connectivity index (χ2v) is 2.02. The highest BCUT2D eigenvalue weighted by Crippen LogP contribution is 2.00. The minimum atomic E-state index is 0.480. The van der Waals surface area contributed by atoms with Gasteiger partial charge in [0.1, 0.15) is 0 Å². The second kappa shape index (κ2) is 4.66. The summed E-state index contributed by atoms with van der Waals surface area (Å²) in [5, 5.41) is 0. The third-order valence-corrected chi connectivity index (χ3v) is 1.13. The fraction of sp³-hybridized carbons (Fsp3) is 1.00. The van der Waals surface area contributed by atoms with Crippen molar-refractivity contribution in [2.24, 2.45) is 0 Å². The first-order valence-electron chi connectivity index (χ1n) is 1.32. The van der Waals surface area contributed by atoms with Crippen molar-refractivity contribution in [2.75, 3.05) is 12.3 Å². The van der Waals surface area contributed by atoms with Crippen LogP contribution in [0, 0.1) is 0 Å². The predicted octanol–water partition coefficient (Wildman–Crippen LogP) is 0.847. The molecular weight excluding hydrogens is 102 g/mol. The molecule has 0 aliphatic heterocycles. The van der Waals surface area contributed by atoms with Crippen molar-refractivity contribution in [3.63, 3.8) is 0 Å². The van der Waals surface area contributed by atoms with E-state index < -0.39 is 0 Å². The Kier molecular flexibility index (Phi) is 5.28. The molecule has 0 aliphatic carbocycles. The lowest BCUT2D eigenvalue weighted by Gasteiger charge is -1.78. The fourth-order valence-corrected chi connectivity index (χ4v) is 0.411. The lowest BCUT2D eigenvalue weighted by atomic mass is 10.8. The summed E-state index contributed by atoms with van der Waals surface area (Å²) < 4.78 is 0. The quantitative estimate of drug-likeness (QED) is 0.411. The van der Waals surface area contributed by atoms with Gasteiger partial charge >= 0.3 is 0 Å². The number of nitrogens with one attached hydrogen (secondary N) is 1. The average molecular weight is 108 g/mol. The highest BCUT2D eigenvalue weighted by Gasteiger charge is 1.69. The zero-order valence-corrected chi connectivity index (χ0v) is 4.48. The summed E-state index contributed by atoms with van der Waals surface area (Å²) in [4.78, 5) is 0. The third-order valence-electron chi connectivity index (χ3n) is 0.193. The van der Waals surface area contributed by atoms with Crippen molar-refractivity contribution in [3.05, 3.63) is 0 Å². The molecule has 0 aromatic carbocycles. The molecule has 0 aliphatic rings. The molecule has 3 heteroatoms. The summed E-state index contributed by atoms with van der Waals surface area (Å²) in [5.74, 6) is 0.836. The van der Waals surface area contributed by atoms with Crippen LogP contribution in [0.3, 0.4) is 0 Å². The molecule has 0 atom stereocenters. The van der Waals surface area contributed by atoms with E-state index in [1.54, 1.807) is 0 Å². The van der Waals surface area contributed by atoms with Gasteiger partial charge in [0.05, 0.1) is 0 Å². The van der Waals surface area contributed by atoms with Gasteiger partial charge in [-0.3, -0.25) is 5.73 Å². The molecule has 0 spiro atoms. The first-order valence-corrected chi connectivity index (χ1v) is 3.36. The maximum Gasteiger partial charge on any atom is 0.0199 e. The van der Waals surface area contributed by atoms with Crippen molar-refractivity contribution in [1.82, 2.24) is 5.73 Å². The Morgan fingerprint density at radius 2 is 2.40 bits per heavy atom. The molecule has 0 amide bonds. The molecule has 0 unspecified atom stereocenters. The van der Waals surface area contributed by atoms with Crippen molar-refractivity contribution in [2.45, 2.75) is 0 Å². The van der Waals surface area contributed by atoms with Crippen LogP contribution in [0.4, 0.5) is 0 Å². The second-order valence-electron chi connectivity index (χ2n) is 0.583. The van der Waals surface area contributed by atoms with Gasteiger partial charge in [0.15, 0.2) is 0 Å². The van der Waals surface area contributed by atoms with Gasteiger partial charge in [-0.05, 0) is 0 Å². The third kappa shape index (κ3) is 4.66. The van der Waals surface area contributed by atoms with Crippen LogP contribution >= 0.6 is 22.5 Å². The van der Waals surface area contributed by atoms with Crippen LogP contribution in [-0.2, 0) is 0 Å². The van der Waals surface area contributed by atoms with Gasteiger partial charge in [-0.2, -0.15) is 0 Å². The fourth-order valence-electron chi connectivity index (χ4n) is 0.0456. The van der Waals surface area contributed by atoms with E-state index in [2.05, 4.69) is 11.7 Å². The minimum Gasteiger partial charge on any atom is -0.257 e. The zero-order chi connectivity index (χ0) is 4.12. The molecule has 0 fully saturated rings. The topological polar surface area (TPSA) is 23.8 Å². The van der Waals surface area contributed by atoms with Crippen molar-refractivity contribution >= 4 is 22.5 Å². The first kappa shape index (κ1) is 5.66. The van der Waals surface area contributed by atoms with E-state index in [1.807, 2.05) is 0 Å². The van der Waals surface area contributed by atoms with Crippen LogP contribution in [-0.4, -0.2) is 12.3 Å². The van der Waals surface area contributed by atoms with Crippen LogP contribution in [0.15, 0.2) is 0 Å². The van der Waals surface area contributed by atoms with E-state index >= 15 is 0 Å². The van der Waals surface area contributed by atoms with Gasteiger partial charge < -0.3 is 0 Å². The summed E-state index contributed by atoms with van der Waals surface area (Å²) in [6.45, 7) is 0.480. The Bertz CT molecular complexity index is 15.1. The molecule has 0 saturated heterocycles.